The molecule has 2 aromatic heterocycles. The number of ether oxygens (including phenoxy) is 2. The first-order valence-electron chi connectivity index (χ1n) is 9.58. The van der Waals surface area contributed by atoms with Crippen molar-refractivity contribution in [3.05, 3.63) is 71.5 Å². The van der Waals surface area contributed by atoms with Crippen LogP contribution in [0.3, 0.4) is 0 Å². The van der Waals surface area contributed by atoms with Crippen molar-refractivity contribution < 1.29 is 14.0 Å². The fraction of sp³-hybridized carbons (Fsp3) is 0.217. The summed E-state index contributed by atoms with van der Waals surface area (Å²) in [5, 5.41) is 8.99. The molecule has 0 spiro atoms. The van der Waals surface area contributed by atoms with E-state index in [1.807, 2.05) is 42.6 Å². The number of aryl methyl sites for hydroxylation is 2. The molecular weight excluding hydrogens is 366 g/mol. The predicted octanol–water partition coefficient (Wildman–Crippen LogP) is 4.37. The number of fused-ring (bicyclic) bond motifs is 3. The summed E-state index contributed by atoms with van der Waals surface area (Å²) < 4.78 is 18.7. The molecule has 0 unspecified atom stereocenters. The summed E-state index contributed by atoms with van der Waals surface area (Å²) in [4.78, 5) is 0. The Bertz CT molecular complexity index is 1160. The largest absolute Gasteiger partial charge is 0.493 e. The second-order valence-corrected chi connectivity index (χ2v) is 7.06. The van der Waals surface area contributed by atoms with Crippen LogP contribution in [0.2, 0.25) is 0 Å². The Balaban J connectivity index is 1.72. The van der Waals surface area contributed by atoms with Crippen molar-refractivity contribution in [3.8, 4) is 34.1 Å². The van der Waals surface area contributed by atoms with Crippen molar-refractivity contribution >= 4 is 0 Å². The predicted molar refractivity (Wildman–Crippen MR) is 109 cm³/mol. The average molecular weight is 387 g/mol. The van der Waals surface area contributed by atoms with Gasteiger partial charge in [0.05, 0.1) is 43.9 Å². The third kappa shape index (κ3) is 2.97. The number of hydrogen-bond acceptors (Lipinski definition) is 5. The van der Waals surface area contributed by atoms with Gasteiger partial charge in [0.15, 0.2) is 17.3 Å². The highest BCUT2D eigenvalue weighted by atomic mass is 16.5. The first-order valence-corrected chi connectivity index (χ1v) is 9.58. The van der Waals surface area contributed by atoms with E-state index in [1.165, 1.54) is 5.56 Å². The minimum Gasteiger partial charge on any atom is -0.493 e. The number of hydrogen-bond donors (Lipinski definition) is 0. The van der Waals surface area contributed by atoms with Crippen LogP contribution < -0.4 is 9.47 Å². The first kappa shape index (κ1) is 17.6. The summed E-state index contributed by atoms with van der Waals surface area (Å²) in [7, 11) is 3.28. The molecule has 2 heterocycles. The third-order valence-corrected chi connectivity index (χ3v) is 5.36. The molecule has 6 heteroatoms. The van der Waals surface area contributed by atoms with Gasteiger partial charge in [-0.25, -0.2) is 0 Å². The van der Waals surface area contributed by atoms with Crippen LogP contribution in [0.1, 0.15) is 16.8 Å². The Labute approximate surface area is 168 Å². The minimum atomic E-state index is 0.668. The molecule has 0 saturated carbocycles. The van der Waals surface area contributed by atoms with Crippen molar-refractivity contribution in [2.45, 2.75) is 19.4 Å². The molecular formula is C23H21N3O3. The molecule has 0 atom stereocenters. The molecule has 0 fully saturated rings. The maximum Gasteiger partial charge on any atom is 0.174 e. The Morgan fingerprint density at radius 2 is 1.83 bits per heavy atom. The maximum atomic E-state index is 5.65. The molecule has 0 aliphatic heterocycles. The zero-order chi connectivity index (χ0) is 19.8. The van der Waals surface area contributed by atoms with Gasteiger partial charge >= 0.3 is 0 Å². The second-order valence-electron chi connectivity index (χ2n) is 7.06. The lowest BCUT2D eigenvalue weighted by Crippen LogP contribution is -2.04. The van der Waals surface area contributed by atoms with Crippen molar-refractivity contribution in [3.63, 3.8) is 0 Å². The molecule has 0 amide bonds. The van der Waals surface area contributed by atoms with Crippen molar-refractivity contribution in [1.29, 1.82) is 0 Å². The zero-order valence-electron chi connectivity index (χ0n) is 16.4. The summed E-state index contributed by atoms with van der Waals surface area (Å²) in [6, 6.07) is 16.3. The van der Waals surface area contributed by atoms with E-state index in [0.717, 1.165) is 46.7 Å². The molecule has 0 radical (unpaired) electrons. The number of aromatic nitrogens is 3. The van der Waals surface area contributed by atoms with Gasteiger partial charge in [0, 0.05) is 11.1 Å². The highest BCUT2D eigenvalue weighted by Gasteiger charge is 2.29. The molecule has 5 rings (SSSR count). The van der Waals surface area contributed by atoms with Crippen molar-refractivity contribution in [2.24, 2.45) is 0 Å². The highest BCUT2D eigenvalue weighted by Crippen LogP contribution is 2.42. The van der Waals surface area contributed by atoms with Crippen LogP contribution in [0, 0.1) is 0 Å². The standard InChI is InChI=1S/C23H21N3O3/c1-27-19-11-9-16(12-20(19)28-2)22-21-18(10-8-17-13-24-29-23(17)21)25-26(22)14-15-6-4-3-5-7-15/h3-7,9,11-13H,8,10,14H2,1-2H3. The molecule has 1 aliphatic rings. The summed E-state index contributed by atoms with van der Waals surface area (Å²) in [6.45, 7) is 0.668. The molecule has 0 N–H and O–H groups in total. The molecule has 29 heavy (non-hydrogen) atoms. The van der Waals surface area contributed by atoms with Gasteiger partial charge in [-0.05, 0) is 36.6 Å². The van der Waals surface area contributed by atoms with E-state index in [0.29, 0.717) is 18.0 Å². The number of nitrogens with zero attached hydrogens (tertiary/aromatic N) is 3. The lowest BCUT2D eigenvalue weighted by Gasteiger charge is -2.14. The van der Waals surface area contributed by atoms with E-state index in [2.05, 4.69) is 22.0 Å². The van der Waals surface area contributed by atoms with Crippen LogP contribution >= 0.6 is 0 Å². The zero-order valence-corrected chi connectivity index (χ0v) is 16.4. The quantitative estimate of drug-likeness (QED) is 0.509. The second kappa shape index (κ2) is 7.13. The summed E-state index contributed by atoms with van der Waals surface area (Å²) in [5.74, 6) is 2.19. The smallest absolute Gasteiger partial charge is 0.174 e. The summed E-state index contributed by atoms with van der Waals surface area (Å²) in [6.07, 6.45) is 3.57. The molecule has 0 saturated heterocycles. The summed E-state index contributed by atoms with van der Waals surface area (Å²) >= 11 is 0. The van der Waals surface area contributed by atoms with Crippen LogP contribution in [0.25, 0.3) is 22.6 Å². The van der Waals surface area contributed by atoms with Crippen molar-refractivity contribution in [1.82, 2.24) is 14.9 Å². The van der Waals surface area contributed by atoms with Gasteiger partial charge in [-0.3, -0.25) is 4.68 Å². The maximum absolute atomic E-state index is 5.65. The lowest BCUT2D eigenvalue weighted by atomic mass is 9.92. The van der Waals surface area contributed by atoms with Crippen LogP contribution in [0.4, 0.5) is 0 Å². The fourth-order valence-corrected chi connectivity index (χ4v) is 3.97. The molecule has 4 aromatic rings. The van der Waals surface area contributed by atoms with Crippen LogP contribution in [-0.2, 0) is 19.4 Å². The Hall–Kier alpha value is -3.54. The van der Waals surface area contributed by atoms with E-state index >= 15 is 0 Å². The number of rotatable bonds is 5. The van der Waals surface area contributed by atoms with Gasteiger partial charge in [0.25, 0.3) is 0 Å². The van der Waals surface area contributed by atoms with Crippen molar-refractivity contribution in [2.75, 3.05) is 14.2 Å². The Kier molecular flexibility index (Phi) is 4.31. The molecule has 146 valence electrons. The van der Waals surface area contributed by atoms with E-state index in [4.69, 9.17) is 19.1 Å². The van der Waals surface area contributed by atoms with Gasteiger partial charge in [0.2, 0.25) is 0 Å². The fourth-order valence-electron chi connectivity index (χ4n) is 3.97. The molecule has 6 nitrogen and oxygen atoms in total. The van der Waals surface area contributed by atoms with E-state index in [9.17, 15) is 0 Å². The minimum absolute atomic E-state index is 0.668. The van der Waals surface area contributed by atoms with Gasteiger partial charge in [-0.15, -0.1) is 0 Å². The number of benzene rings is 2. The van der Waals surface area contributed by atoms with Crippen LogP contribution in [0.5, 0.6) is 11.5 Å². The van der Waals surface area contributed by atoms with E-state index < -0.39 is 0 Å². The topological polar surface area (TPSA) is 62.3 Å². The van der Waals surface area contributed by atoms with E-state index in [1.54, 1.807) is 14.2 Å². The molecule has 2 aromatic carbocycles. The van der Waals surface area contributed by atoms with Gasteiger partial charge in [0.1, 0.15) is 0 Å². The average Bonchev–Trinajstić information content (AvgIpc) is 3.38. The van der Waals surface area contributed by atoms with Gasteiger partial charge in [-0.2, -0.15) is 5.10 Å². The Morgan fingerprint density at radius 1 is 1.00 bits per heavy atom. The molecule has 1 aliphatic carbocycles. The van der Waals surface area contributed by atoms with Gasteiger partial charge in [-0.1, -0.05) is 35.5 Å². The SMILES string of the molecule is COc1ccc(-c2c3c(nn2Cc2ccccc2)CCc2cnoc2-3)cc1OC. The number of methoxy groups -OCH3 is 2. The Morgan fingerprint density at radius 3 is 2.62 bits per heavy atom. The first-order chi connectivity index (χ1) is 14.3. The van der Waals surface area contributed by atoms with Crippen LogP contribution in [-0.4, -0.2) is 29.2 Å². The highest BCUT2D eigenvalue weighted by molar-refractivity contribution is 5.84. The summed E-state index contributed by atoms with van der Waals surface area (Å²) in [5.41, 5.74) is 6.37. The monoisotopic (exact) mass is 387 g/mol. The van der Waals surface area contributed by atoms with E-state index in [-0.39, 0.29) is 0 Å². The van der Waals surface area contributed by atoms with Gasteiger partial charge < -0.3 is 14.0 Å². The third-order valence-electron chi connectivity index (χ3n) is 5.36. The normalized spacial score (nSPS) is 12.3. The molecule has 0 bridgehead atoms. The lowest BCUT2D eigenvalue weighted by molar-refractivity contribution is 0.355. The van der Waals surface area contributed by atoms with Crippen LogP contribution in [0.15, 0.2) is 59.3 Å².